The van der Waals surface area contributed by atoms with Gasteiger partial charge in [0.15, 0.2) is 11.5 Å². The Balaban J connectivity index is 2.38. The first-order valence-electron chi connectivity index (χ1n) is 8.80. The van der Waals surface area contributed by atoms with Crippen LogP contribution in [0, 0.1) is 11.3 Å². The van der Waals surface area contributed by atoms with Gasteiger partial charge in [-0.25, -0.2) is 0 Å². The quantitative estimate of drug-likeness (QED) is 0.289. The molecule has 0 radical (unpaired) electrons. The van der Waals surface area contributed by atoms with E-state index in [4.69, 9.17) is 9.47 Å². The summed E-state index contributed by atoms with van der Waals surface area (Å²) in [6, 6.07) is 11.4. The number of amides is 1. The highest BCUT2D eigenvalue weighted by molar-refractivity contribution is 6.09. The minimum absolute atomic E-state index is 0.0792. The molecule has 0 spiro atoms. The third-order valence-electron chi connectivity index (χ3n) is 3.89. The van der Waals surface area contributed by atoms with E-state index in [1.165, 1.54) is 25.3 Å². The van der Waals surface area contributed by atoms with Gasteiger partial charge in [0.25, 0.3) is 5.91 Å². The Morgan fingerprint density at radius 1 is 1.24 bits per heavy atom. The molecule has 0 unspecified atom stereocenters. The Morgan fingerprint density at radius 3 is 2.55 bits per heavy atom. The van der Waals surface area contributed by atoms with Crippen molar-refractivity contribution < 1.29 is 19.4 Å². The van der Waals surface area contributed by atoms with E-state index in [1.54, 1.807) is 30.4 Å². The van der Waals surface area contributed by atoms with E-state index in [1.807, 2.05) is 12.1 Å². The predicted molar refractivity (Wildman–Crippen MR) is 113 cm³/mol. The van der Waals surface area contributed by atoms with Crippen molar-refractivity contribution in [1.29, 1.82) is 5.26 Å². The van der Waals surface area contributed by atoms with Gasteiger partial charge >= 0.3 is 0 Å². The van der Waals surface area contributed by atoms with Gasteiger partial charge in [0, 0.05) is 11.3 Å². The minimum atomic E-state index is -0.561. The number of hydrogen-bond donors (Lipinski definition) is 2. The highest BCUT2D eigenvalue weighted by atomic mass is 16.5. The molecule has 2 aromatic rings. The summed E-state index contributed by atoms with van der Waals surface area (Å²) < 4.78 is 11.1. The molecular weight excluding hydrogens is 368 g/mol. The van der Waals surface area contributed by atoms with Gasteiger partial charge in [0.1, 0.15) is 24.0 Å². The first-order chi connectivity index (χ1) is 14.0. The van der Waals surface area contributed by atoms with E-state index in [0.717, 1.165) is 5.56 Å². The Morgan fingerprint density at radius 2 is 1.97 bits per heavy atom. The fraction of sp³-hybridized carbons (Fsp3) is 0.130. The zero-order chi connectivity index (χ0) is 21.2. The number of aromatic hydroxyl groups is 1. The standard InChI is InChI=1S/C23H22N2O4/c1-4-6-17-12-16(14-21(28-3)22(17)29-11-5-2)13-18(15-24)23(27)25-19-7-9-20(26)10-8-19/h4-5,7-10,12-14,26H,1-2,6,11H2,3H3,(H,25,27)/b18-13+. The molecule has 2 N–H and O–H groups in total. The fourth-order valence-corrected chi connectivity index (χ4v) is 2.59. The largest absolute Gasteiger partial charge is 0.508 e. The zero-order valence-electron chi connectivity index (χ0n) is 16.1. The van der Waals surface area contributed by atoms with Gasteiger partial charge in [-0.05, 0) is 54.5 Å². The molecular formula is C23H22N2O4. The van der Waals surface area contributed by atoms with Crippen LogP contribution < -0.4 is 14.8 Å². The molecule has 29 heavy (non-hydrogen) atoms. The van der Waals surface area contributed by atoms with E-state index in [9.17, 15) is 15.2 Å². The molecule has 0 saturated heterocycles. The first kappa shape index (κ1) is 21.3. The summed E-state index contributed by atoms with van der Waals surface area (Å²) in [6.45, 7) is 7.71. The van der Waals surface area contributed by atoms with Crippen LogP contribution in [-0.2, 0) is 11.2 Å². The second-order valence-electron chi connectivity index (χ2n) is 5.97. The second-order valence-corrected chi connectivity index (χ2v) is 5.97. The number of nitriles is 1. The van der Waals surface area contributed by atoms with Gasteiger partial charge in [-0.15, -0.1) is 6.58 Å². The molecule has 2 aromatic carbocycles. The van der Waals surface area contributed by atoms with Crippen molar-refractivity contribution in [1.82, 2.24) is 0 Å². The topological polar surface area (TPSA) is 91.6 Å². The molecule has 0 bridgehead atoms. The number of anilines is 1. The van der Waals surface area contributed by atoms with Gasteiger partial charge in [-0.1, -0.05) is 18.7 Å². The molecule has 0 aliphatic carbocycles. The lowest BCUT2D eigenvalue weighted by molar-refractivity contribution is -0.112. The monoisotopic (exact) mass is 390 g/mol. The first-order valence-corrected chi connectivity index (χ1v) is 8.80. The Hall–Kier alpha value is -3.98. The Kier molecular flexibility index (Phi) is 7.63. The van der Waals surface area contributed by atoms with Gasteiger partial charge in [-0.2, -0.15) is 5.26 Å². The maximum Gasteiger partial charge on any atom is 0.266 e. The number of allylic oxidation sites excluding steroid dienone is 1. The molecule has 148 valence electrons. The van der Waals surface area contributed by atoms with Gasteiger partial charge < -0.3 is 19.9 Å². The molecule has 0 heterocycles. The van der Waals surface area contributed by atoms with Crippen LogP contribution >= 0.6 is 0 Å². The van der Waals surface area contributed by atoms with Crippen LogP contribution in [-0.4, -0.2) is 24.7 Å². The van der Waals surface area contributed by atoms with Crippen LogP contribution in [0.15, 0.2) is 67.3 Å². The lowest BCUT2D eigenvalue weighted by atomic mass is 10.0. The molecule has 0 fully saturated rings. The molecule has 6 nitrogen and oxygen atoms in total. The van der Waals surface area contributed by atoms with Crippen LogP contribution in [0.3, 0.4) is 0 Å². The van der Waals surface area contributed by atoms with Crippen LogP contribution in [0.4, 0.5) is 5.69 Å². The predicted octanol–water partition coefficient (Wildman–Crippen LogP) is 4.24. The summed E-state index contributed by atoms with van der Waals surface area (Å²) >= 11 is 0. The lowest BCUT2D eigenvalue weighted by Gasteiger charge is -2.15. The average molecular weight is 390 g/mol. The van der Waals surface area contributed by atoms with Gasteiger partial charge in [0.05, 0.1) is 7.11 Å². The maximum absolute atomic E-state index is 12.5. The van der Waals surface area contributed by atoms with Crippen molar-refractivity contribution >= 4 is 17.7 Å². The van der Waals surface area contributed by atoms with Crippen LogP contribution in [0.5, 0.6) is 17.2 Å². The number of hydrogen-bond acceptors (Lipinski definition) is 5. The second kappa shape index (κ2) is 10.4. The van der Waals surface area contributed by atoms with Crippen molar-refractivity contribution in [2.45, 2.75) is 6.42 Å². The summed E-state index contributed by atoms with van der Waals surface area (Å²) in [7, 11) is 1.52. The molecule has 0 aromatic heterocycles. The Bertz CT molecular complexity index is 970. The number of nitrogens with one attached hydrogen (secondary N) is 1. The van der Waals surface area contributed by atoms with E-state index < -0.39 is 5.91 Å². The number of methoxy groups -OCH3 is 1. The number of benzene rings is 2. The number of nitrogens with zero attached hydrogens (tertiary/aromatic N) is 1. The number of phenolic OH excluding ortho intramolecular Hbond substituents is 1. The average Bonchev–Trinajstić information content (AvgIpc) is 2.72. The highest BCUT2D eigenvalue weighted by Crippen LogP contribution is 2.34. The molecule has 0 atom stereocenters. The van der Waals surface area contributed by atoms with Crippen molar-refractivity contribution in [2.24, 2.45) is 0 Å². The van der Waals surface area contributed by atoms with Crippen LogP contribution in [0.2, 0.25) is 0 Å². The molecule has 6 heteroatoms. The summed E-state index contributed by atoms with van der Waals surface area (Å²) in [4.78, 5) is 12.5. The lowest BCUT2D eigenvalue weighted by Crippen LogP contribution is -2.13. The molecule has 0 aliphatic rings. The third-order valence-corrected chi connectivity index (χ3v) is 3.89. The SMILES string of the molecule is C=CCOc1c(CC=C)cc(/C=C(\C#N)C(=O)Nc2ccc(O)cc2)cc1OC. The van der Waals surface area contributed by atoms with Crippen molar-refractivity contribution in [3.8, 4) is 23.3 Å². The highest BCUT2D eigenvalue weighted by Gasteiger charge is 2.14. The summed E-state index contributed by atoms with van der Waals surface area (Å²) in [5.41, 5.74) is 1.81. The molecule has 1 amide bonds. The van der Waals surface area contributed by atoms with Crippen molar-refractivity contribution in [3.05, 3.63) is 78.4 Å². The molecule has 2 rings (SSSR count). The number of phenols is 1. The molecule has 0 saturated carbocycles. The molecule has 0 aliphatic heterocycles. The van der Waals surface area contributed by atoms with Crippen molar-refractivity contribution in [2.75, 3.05) is 19.0 Å². The van der Waals surface area contributed by atoms with E-state index in [2.05, 4.69) is 18.5 Å². The number of carbonyl (C=O) groups excluding carboxylic acids is 1. The smallest absolute Gasteiger partial charge is 0.266 e. The fourth-order valence-electron chi connectivity index (χ4n) is 2.59. The van der Waals surface area contributed by atoms with E-state index >= 15 is 0 Å². The number of rotatable bonds is 9. The number of ether oxygens (including phenoxy) is 2. The maximum atomic E-state index is 12.5. The third kappa shape index (κ3) is 5.75. The van der Waals surface area contributed by atoms with Crippen LogP contribution in [0.25, 0.3) is 6.08 Å². The zero-order valence-corrected chi connectivity index (χ0v) is 16.1. The van der Waals surface area contributed by atoms with Gasteiger partial charge in [0.2, 0.25) is 0 Å². The Labute approximate surface area is 170 Å². The minimum Gasteiger partial charge on any atom is -0.508 e. The summed E-state index contributed by atoms with van der Waals surface area (Å²) in [5.74, 6) is 0.569. The summed E-state index contributed by atoms with van der Waals surface area (Å²) in [6.07, 6.45) is 5.35. The van der Waals surface area contributed by atoms with E-state index in [0.29, 0.717) is 35.8 Å². The van der Waals surface area contributed by atoms with E-state index in [-0.39, 0.29) is 11.3 Å². The van der Waals surface area contributed by atoms with Crippen molar-refractivity contribution in [3.63, 3.8) is 0 Å². The normalized spacial score (nSPS) is 10.6. The number of carbonyl (C=O) groups is 1. The van der Waals surface area contributed by atoms with Crippen LogP contribution in [0.1, 0.15) is 11.1 Å². The van der Waals surface area contributed by atoms with Gasteiger partial charge in [-0.3, -0.25) is 4.79 Å². The summed E-state index contributed by atoms with van der Waals surface area (Å²) in [5, 5.41) is 21.4.